The molecule has 82 valence electrons. The summed E-state index contributed by atoms with van der Waals surface area (Å²) in [6.45, 7) is 1.88. The van der Waals surface area contributed by atoms with Gasteiger partial charge in [0.1, 0.15) is 0 Å². The minimum absolute atomic E-state index is 0.0190. The van der Waals surface area contributed by atoms with Gasteiger partial charge in [0.25, 0.3) is 5.88 Å². The van der Waals surface area contributed by atoms with Gasteiger partial charge in [0, 0.05) is 13.1 Å². The third-order valence-electron chi connectivity index (χ3n) is 2.53. The van der Waals surface area contributed by atoms with Crippen LogP contribution in [0.15, 0.2) is 6.20 Å². The summed E-state index contributed by atoms with van der Waals surface area (Å²) in [4.78, 5) is 10.1. The molecule has 0 unspecified atom stereocenters. The van der Waals surface area contributed by atoms with Gasteiger partial charge >= 0.3 is 0 Å². The molecule has 2 heterocycles. The second-order valence-electron chi connectivity index (χ2n) is 3.57. The van der Waals surface area contributed by atoms with Gasteiger partial charge in [-0.2, -0.15) is 9.37 Å². The topological polar surface area (TPSA) is 38.2 Å². The zero-order chi connectivity index (χ0) is 10.7. The Morgan fingerprint density at radius 1 is 1.33 bits per heavy atom. The van der Waals surface area contributed by atoms with Crippen LogP contribution < -0.4 is 9.64 Å². The maximum Gasteiger partial charge on any atom is 0.255 e. The van der Waals surface area contributed by atoms with E-state index in [-0.39, 0.29) is 5.88 Å². The van der Waals surface area contributed by atoms with Crippen molar-refractivity contribution in [3.8, 4) is 5.88 Å². The smallest absolute Gasteiger partial charge is 0.255 e. The van der Waals surface area contributed by atoms with Gasteiger partial charge in [-0.15, -0.1) is 0 Å². The van der Waals surface area contributed by atoms with Crippen LogP contribution in [-0.4, -0.2) is 30.2 Å². The molecule has 0 aromatic carbocycles. The van der Waals surface area contributed by atoms with E-state index in [4.69, 9.17) is 4.74 Å². The molecule has 1 aromatic heterocycles. The van der Waals surface area contributed by atoms with Gasteiger partial charge in [0.05, 0.1) is 13.3 Å². The van der Waals surface area contributed by atoms with Crippen molar-refractivity contribution in [3.63, 3.8) is 0 Å². The van der Waals surface area contributed by atoms with Gasteiger partial charge in [-0.25, -0.2) is 4.98 Å². The van der Waals surface area contributed by atoms with E-state index >= 15 is 0 Å². The Hall–Kier alpha value is -1.39. The number of hydrogen-bond acceptors (Lipinski definition) is 4. The molecule has 0 N–H and O–H groups in total. The quantitative estimate of drug-likeness (QED) is 0.745. The van der Waals surface area contributed by atoms with Crippen LogP contribution in [0.1, 0.15) is 19.3 Å². The summed E-state index contributed by atoms with van der Waals surface area (Å²) in [5.41, 5.74) is 0. The summed E-state index contributed by atoms with van der Waals surface area (Å²) in [6.07, 6.45) is 4.69. The first-order valence-electron chi connectivity index (χ1n) is 5.13. The van der Waals surface area contributed by atoms with Crippen LogP contribution in [0, 0.1) is 5.82 Å². The Morgan fingerprint density at radius 3 is 2.73 bits per heavy atom. The molecule has 0 amide bonds. The molecule has 0 saturated carbocycles. The molecule has 0 atom stereocenters. The van der Waals surface area contributed by atoms with E-state index in [1.165, 1.54) is 13.5 Å². The number of ether oxygens (including phenoxy) is 1. The number of piperidine rings is 1. The Morgan fingerprint density at radius 2 is 2.07 bits per heavy atom. The second-order valence-corrected chi connectivity index (χ2v) is 3.57. The molecule has 1 saturated heterocycles. The van der Waals surface area contributed by atoms with Gasteiger partial charge in [-0.1, -0.05) is 0 Å². The zero-order valence-corrected chi connectivity index (χ0v) is 8.74. The molecule has 15 heavy (non-hydrogen) atoms. The van der Waals surface area contributed by atoms with Crippen LogP contribution in [0.4, 0.5) is 10.3 Å². The molecule has 2 rings (SSSR count). The van der Waals surface area contributed by atoms with Crippen molar-refractivity contribution in [1.29, 1.82) is 0 Å². The first kappa shape index (κ1) is 10.1. The lowest BCUT2D eigenvalue weighted by Gasteiger charge is -2.26. The van der Waals surface area contributed by atoms with Crippen molar-refractivity contribution in [2.75, 3.05) is 25.1 Å². The zero-order valence-electron chi connectivity index (χ0n) is 8.74. The minimum Gasteiger partial charge on any atom is -0.479 e. The van der Waals surface area contributed by atoms with Crippen molar-refractivity contribution in [3.05, 3.63) is 12.0 Å². The van der Waals surface area contributed by atoms with Crippen molar-refractivity contribution in [2.24, 2.45) is 0 Å². The largest absolute Gasteiger partial charge is 0.479 e. The van der Waals surface area contributed by atoms with Gasteiger partial charge in [-0.3, -0.25) is 0 Å². The lowest BCUT2D eigenvalue weighted by molar-refractivity contribution is 0.366. The molecular weight excluding hydrogens is 197 g/mol. The molecule has 4 nitrogen and oxygen atoms in total. The van der Waals surface area contributed by atoms with E-state index in [0.29, 0.717) is 5.95 Å². The second kappa shape index (κ2) is 4.42. The van der Waals surface area contributed by atoms with Crippen molar-refractivity contribution >= 4 is 5.95 Å². The van der Waals surface area contributed by atoms with Crippen LogP contribution >= 0.6 is 0 Å². The number of aromatic nitrogens is 2. The maximum absolute atomic E-state index is 13.1. The predicted octanol–water partition coefficient (Wildman–Crippen LogP) is 1.61. The van der Waals surface area contributed by atoms with E-state index in [1.807, 2.05) is 0 Å². The average molecular weight is 211 g/mol. The third-order valence-corrected chi connectivity index (χ3v) is 2.53. The first-order chi connectivity index (χ1) is 7.31. The third kappa shape index (κ3) is 2.16. The average Bonchev–Trinajstić information content (AvgIpc) is 2.31. The van der Waals surface area contributed by atoms with Crippen LogP contribution in [0.2, 0.25) is 0 Å². The highest BCUT2D eigenvalue weighted by molar-refractivity contribution is 5.32. The van der Waals surface area contributed by atoms with E-state index in [2.05, 4.69) is 14.9 Å². The van der Waals surface area contributed by atoms with E-state index in [1.54, 1.807) is 0 Å². The summed E-state index contributed by atoms with van der Waals surface area (Å²) in [6, 6.07) is 0. The number of rotatable bonds is 2. The predicted molar refractivity (Wildman–Crippen MR) is 54.6 cm³/mol. The summed E-state index contributed by atoms with van der Waals surface area (Å²) < 4.78 is 17.9. The van der Waals surface area contributed by atoms with Crippen molar-refractivity contribution < 1.29 is 9.13 Å². The summed E-state index contributed by atoms with van der Waals surface area (Å²) in [5, 5.41) is 0. The van der Waals surface area contributed by atoms with E-state index in [0.717, 1.165) is 32.1 Å². The van der Waals surface area contributed by atoms with E-state index < -0.39 is 5.82 Å². The number of halogens is 1. The fourth-order valence-electron chi connectivity index (χ4n) is 1.73. The number of hydrogen-bond donors (Lipinski definition) is 0. The monoisotopic (exact) mass is 211 g/mol. The molecule has 1 aliphatic rings. The molecule has 1 aliphatic heterocycles. The first-order valence-corrected chi connectivity index (χ1v) is 5.13. The summed E-state index contributed by atoms with van der Waals surface area (Å²) in [7, 11) is 1.41. The van der Waals surface area contributed by atoms with Crippen molar-refractivity contribution in [1.82, 2.24) is 9.97 Å². The van der Waals surface area contributed by atoms with Crippen LogP contribution in [0.3, 0.4) is 0 Å². The van der Waals surface area contributed by atoms with Crippen molar-refractivity contribution in [2.45, 2.75) is 19.3 Å². The molecule has 0 bridgehead atoms. The minimum atomic E-state index is -0.516. The molecule has 0 aliphatic carbocycles. The summed E-state index contributed by atoms with van der Waals surface area (Å²) >= 11 is 0. The highest BCUT2D eigenvalue weighted by Crippen LogP contribution is 2.19. The van der Waals surface area contributed by atoms with Crippen LogP contribution in [0.5, 0.6) is 5.88 Å². The molecular formula is C10H14FN3O. The highest BCUT2D eigenvalue weighted by atomic mass is 19.1. The summed E-state index contributed by atoms with van der Waals surface area (Å²) in [5.74, 6) is 0.0665. The standard InChI is InChI=1S/C10H14FN3O/c1-15-9-8(11)7-12-10(13-9)14-5-3-2-4-6-14/h7H,2-6H2,1H3. The molecule has 1 fully saturated rings. The highest BCUT2D eigenvalue weighted by Gasteiger charge is 2.15. The normalized spacial score (nSPS) is 16.5. The van der Waals surface area contributed by atoms with Crippen LogP contribution in [-0.2, 0) is 0 Å². The van der Waals surface area contributed by atoms with Crippen LogP contribution in [0.25, 0.3) is 0 Å². The van der Waals surface area contributed by atoms with Gasteiger partial charge in [-0.05, 0) is 19.3 Å². The molecule has 0 radical (unpaired) electrons. The lowest BCUT2D eigenvalue weighted by atomic mass is 10.1. The van der Waals surface area contributed by atoms with Gasteiger partial charge < -0.3 is 9.64 Å². The fourth-order valence-corrected chi connectivity index (χ4v) is 1.73. The van der Waals surface area contributed by atoms with Gasteiger partial charge in [0.15, 0.2) is 0 Å². The molecule has 5 heteroatoms. The molecule has 0 spiro atoms. The van der Waals surface area contributed by atoms with E-state index in [9.17, 15) is 4.39 Å². The Balaban J connectivity index is 2.20. The Bertz CT molecular complexity index is 339. The Labute approximate surface area is 88.1 Å². The SMILES string of the molecule is COc1nc(N2CCCCC2)ncc1F. The maximum atomic E-state index is 13.1. The number of anilines is 1. The number of methoxy groups -OCH3 is 1. The number of nitrogens with zero attached hydrogens (tertiary/aromatic N) is 3. The van der Waals surface area contributed by atoms with Gasteiger partial charge in [0.2, 0.25) is 11.8 Å². The Kier molecular flexibility index (Phi) is 2.99. The lowest BCUT2D eigenvalue weighted by Crippen LogP contribution is -2.31. The fraction of sp³-hybridized carbons (Fsp3) is 0.600. The molecule has 1 aromatic rings.